The van der Waals surface area contributed by atoms with Gasteiger partial charge in [-0.05, 0) is 62.6 Å². The van der Waals surface area contributed by atoms with Crippen LogP contribution in [-0.2, 0) is 0 Å². The lowest BCUT2D eigenvalue weighted by atomic mass is 10.1. The average Bonchev–Trinajstić information content (AvgIpc) is 2.28. The van der Waals surface area contributed by atoms with Crippen molar-refractivity contribution in [3.8, 4) is 11.5 Å². The van der Waals surface area contributed by atoms with Crippen molar-refractivity contribution in [1.29, 1.82) is 0 Å². The molecule has 2 rings (SSSR count). The molecule has 0 heterocycles. The van der Waals surface area contributed by atoms with E-state index < -0.39 is 0 Å². The second kappa shape index (κ2) is 4.73. The molecule has 0 aliphatic rings. The topological polar surface area (TPSA) is 35.2 Å². The Kier molecular flexibility index (Phi) is 3.28. The van der Waals surface area contributed by atoms with Gasteiger partial charge in [-0.2, -0.15) is 0 Å². The summed E-state index contributed by atoms with van der Waals surface area (Å²) in [5.74, 6) is 1.77. The lowest BCUT2D eigenvalue weighted by Gasteiger charge is -2.13. The van der Waals surface area contributed by atoms with E-state index in [1.165, 1.54) is 5.56 Å². The summed E-state index contributed by atoms with van der Waals surface area (Å²) in [7, 11) is 0. The Balaban J connectivity index is 2.37. The molecule has 0 spiro atoms. The van der Waals surface area contributed by atoms with Crippen molar-refractivity contribution in [2.75, 3.05) is 5.73 Å². The number of nitrogen functional groups attached to an aromatic ring is 1. The largest absolute Gasteiger partial charge is 0.457 e. The van der Waals surface area contributed by atoms with Crippen molar-refractivity contribution in [1.82, 2.24) is 0 Å². The maximum absolute atomic E-state index is 5.98. The third kappa shape index (κ3) is 2.48. The number of aryl methyl sites for hydroxylation is 4. The molecule has 0 amide bonds. The number of rotatable bonds is 2. The minimum absolute atomic E-state index is 0.791. The van der Waals surface area contributed by atoms with Crippen LogP contribution in [0.1, 0.15) is 22.3 Å². The predicted octanol–water partition coefficient (Wildman–Crippen LogP) is 4.29. The van der Waals surface area contributed by atoms with Crippen LogP contribution in [0, 0.1) is 27.7 Å². The fraction of sp³-hybridized carbons (Fsp3) is 0.250. The summed E-state index contributed by atoms with van der Waals surface area (Å²) in [6.45, 7) is 8.22. The summed E-state index contributed by atoms with van der Waals surface area (Å²) in [5.41, 5.74) is 11.2. The molecule has 0 saturated heterocycles. The molecule has 0 aliphatic heterocycles. The van der Waals surface area contributed by atoms with E-state index in [-0.39, 0.29) is 0 Å². The number of benzene rings is 2. The first kappa shape index (κ1) is 12.5. The normalized spacial score (nSPS) is 10.4. The Morgan fingerprint density at radius 1 is 0.833 bits per heavy atom. The third-order valence-corrected chi connectivity index (χ3v) is 3.07. The van der Waals surface area contributed by atoms with Gasteiger partial charge in [-0.15, -0.1) is 0 Å². The van der Waals surface area contributed by atoms with E-state index in [2.05, 4.69) is 32.9 Å². The molecule has 18 heavy (non-hydrogen) atoms. The van der Waals surface area contributed by atoms with Crippen molar-refractivity contribution >= 4 is 5.69 Å². The van der Waals surface area contributed by atoms with E-state index in [1.54, 1.807) is 0 Å². The number of hydrogen-bond acceptors (Lipinski definition) is 2. The van der Waals surface area contributed by atoms with Gasteiger partial charge in [0.1, 0.15) is 11.5 Å². The lowest BCUT2D eigenvalue weighted by molar-refractivity contribution is 0.474. The molecule has 0 aromatic heterocycles. The highest BCUT2D eigenvalue weighted by molar-refractivity contribution is 5.52. The maximum Gasteiger partial charge on any atom is 0.133 e. The van der Waals surface area contributed by atoms with E-state index in [0.29, 0.717) is 0 Å². The Bertz CT molecular complexity index is 565. The second-order valence-corrected chi connectivity index (χ2v) is 4.85. The first-order valence-electron chi connectivity index (χ1n) is 6.09. The van der Waals surface area contributed by atoms with Crippen LogP contribution in [0.25, 0.3) is 0 Å². The smallest absolute Gasteiger partial charge is 0.133 e. The Labute approximate surface area is 108 Å². The highest BCUT2D eigenvalue weighted by Gasteiger charge is 2.07. The zero-order chi connectivity index (χ0) is 13.3. The highest BCUT2D eigenvalue weighted by atomic mass is 16.5. The van der Waals surface area contributed by atoms with E-state index in [0.717, 1.165) is 33.9 Å². The molecule has 0 aliphatic carbocycles. The van der Waals surface area contributed by atoms with Gasteiger partial charge in [0.05, 0.1) is 0 Å². The summed E-state index contributed by atoms with van der Waals surface area (Å²) in [6, 6.07) is 10.0. The molecular weight excluding hydrogens is 222 g/mol. The molecule has 0 radical (unpaired) electrons. The van der Waals surface area contributed by atoms with Gasteiger partial charge < -0.3 is 10.5 Å². The van der Waals surface area contributed by atoms with Crippen molar-refractivity contribution in [2.24, 2.45) is 0 Å². The van der Waals surface area contributed by atoms with Crippen LogP contribution in [0.2, 0.25) is 0 Å². The fourth-order valence-corrected chi connectivity index (χ4v) is 2.16. The van der Waals surface area contributed by atoms with Crippen LogP contribution in [0.5, 0.6) is 11.5 Å². The fourth-order valence-electron chi connectivity index (χ4n) is 2.16. The summed E-state index contributed by atoms with van der Waals surface area (Å²) >= 11 is 0. The monoisotopic (exact) mass is 241 g/mol. The van der Waals surface area contributed by atoms with E-state index in [1.807, 2.05) is 25.1 Å². The van der Waals surface area contributed by atoms with Gasteiger partial charge in [-0.3, -0.25) is 0 Å². The molecule has 2 N–H and O–H groups in total. The van der Waals surface area contributed by atoms with Crippen LogP contribution in [-0.4, -0.2) is 0 Å². The molecule has 2 aromatic carbocycles. The molecular formula is C16H19NO. The summed E-state index contributed by atoms with van der Waals surface area (Å²) in [4.78, 5) is 0. The highest BCUT2D eigenvalue weighted by Crippen LogP contribution is 2.30. The van der Waals surface area contributed by atoms with Crippen molar-refractivity contribution in [3.05, 3.63) is 52.6 Å². The zero-order valence-electron chi connectivity index (χ0n) is 11.4. The molecule has 0 fully saturated rings. The zero-order valence-corrected chi connectivity index (χ0v) is 11.4. The lowest BCUT2D eigenvalue weighted by Crippen LogP contribution is -1.94. The number of nitrogens with two attached hydrogens (primary N) is 1. The number of anilines is 1. The van der Waals surface area contributed by atoms with E-state index in [4.69, 9.17) is 10.5 Å². The summed E-state index contributed by atoms with van der Waals surface area (Å²) in [6.07, 6.45) is 0. The van der Waals surface area contributed by atoms with Gasteiger partial charge in [0.15, 0.2) is 0 Å². The first-order valence-corrected chi connectivity index (χ1v) is 6.09. The van der Waals surface area contributed by atoms with Gasteiger partial charge in [-0.25, -0.2) is 0 Å². The van der Waals surface area contributed by atoms with E-state index >= 15 is 0 Å². The summed E-state index contributed by atoms with van der Waals surface area (Å²) < 4.78 is 5.98. The first-order chi connectivity index (χ1) is 8.47. The molecule has 0 unspecified atom stereocenters. The number of ether oxygens (including phenoxy) is 1. The molecule has 2 heteroatoms. The standard InChI is InChI=1S/C16H19NO/c1-10-7-12(3)16(13(4)8-10)18-14-5-6-15(17)11(2)9-14/h5-9H,17H2,1-4H3. The van der Waals surface area contributed by atoms with Gasteiger partial charge in [-0.1, -0.05) is 17.7 Å². The minimum atomic E-state index is 0.791. The van der Waals surface area contributed by atoms with E-state index in [9.17, 15) is 0 Å². The maximum atomic E-state index is 5.98. The van der Waals surface area contributed by atoms with Crippen molar-refractivity contribution in [2.45, 2.75) is 27.7 Å². The van der Waals surface area contributed by atoms with Crippen LogP contribution in [0.15, 0.2) is 30.3 Å². The average molecular weight is 241 g/mol. The third-order valence-electron chi connectivity index (χ3n) is 3.07. The Hall–Kier alpha value is -1.96. The summed E-state index contributed by atoms with van der Waals surface area (Å²) in [5, 5.41) is 0. The Morgan fingerprint density at radius 3 is 2.00 bits per heavy atom. The van der Waals surface area contributed by atoms with Crippen LogP contribution in [0.4, 0.5) is 5.69 Å². The Morgan fingerprint density at radius 2 is 1.44 bits per heavy atom. The van der Waals surface area contributed by atoms with Crippen molar-refractivity contribution in [3.63, 3.8) is 0 Å². The van der Waals surface area contributed by atoms with Crippen LogP contribution < -0.4 is 10.5 Å². The predicted molar refractivity (Wildman–Crippen MR) is 76.3 cm³/mol. The molecule has 0 atom stereocenters. The van der Waals surface area contributed by atoms with Crippen LogP contribution >= 0.6 is 0 Å². The quantitative estimate of drug-likeness (QED) is 0.796. The van der Waals surface area contributed by atoms with Gasteiger partial charge >= 0.3 is 0 Å². The van der Waals surface area contributed by atoms with Gasteiger partial charge in [0.25, 0.3) is 0 Å². The second-order valence-electron chi connectivity index (χ2n) is 4.85. The molecule has 2 nitrogen and oxygen atoms in total. The number of hydrogen-bond donors (Lipinski definition) is 1. The molecule has 94 valence electrons. The molecule has 0 saturated carbocycles. The van der Waals surface area contributed by atoms with Crippen LogP contribution in [0.3, 0.4) is 0 Å². The molecule has 2 aromatic rings. The van der Waals surface area contributed by atoms with Gasteiger partial charge in [0.2, 0.25) is 0 Å². The SMILES string of the molecule is Cc1cc(C)c(Oc2ccc(N)c(C)c2)c(C)c1. The van der Waals surface area contributed by atoms with Gasteiger partial charge in [0, 0.05) is 5.69 Å². The minimum Gasteiger partial charge on any atom is -0.457 e. The molecule has 0 bridgehead atoms. The van der Waals surface area contributed by atoms with Crippen molar-refractivity contribution < 1.29 is 4.74 Å².